The Kier molecular flexibility index (Phi) is 8.51. The van der Waals surface area contributed by atoms with E-state index in [2.05, 4.69) is 27.9 Å². The number of thioether (sulfide) groups is 1. The van der Waals surface area contributed by atoms with Crippen molar-refractivity contribution in [1.82, 2.24) is 35.3 Å². The fraction of sp³-hybridized carbons (Fsp3) is 0.731. The Balaban J connectivity index is 1.19. The van der Waals surface area contributed by atoms with E-state index in [4.69, 9.17) is 5.73 Å². The molecule has 3 fully saturated rings. The van der Waals surface area contributed by atoms with Crippen molar-refractivity contribution in [3.05, 3.63) is 16.9 Å². The number of carboxylic acids is 1. The zero-order valence-electron chi connectivity index (χ0n) is 23.8. The highest BCUT2D eigenvalue weighted by molar-refractivity contribution is 8.03. The molecular formula is C26H40N9O5S+. The van der Waals surface area contributed by atoms with Crippen molar-refractivity contribution in [2.24, 2.45) is 23.5 Å². The highest BCUT2D eigenvalue weighted by Crippen LogP contribution is 2.53. The lowest BCUT2D eigenvalue weighted by atomic mass is 9.73. The van der Waals surface area contributed by atoms with Gasteiger partial charge in [-0.3, -0.25) is 14.4 Å². The molecule has 0 unspecified atom stereocenters. The van der Waals surface area contributed by atoms with E-state index in [-0.39, 0.29) is 65.4 Å². The number of hydrogen-bond donors (Lipinski definition) is 3. The normalized spacial score (nSPS) is 29.9. The van der Waals surface area contributed by atoms with Crippen LogP contribution in [0.15, 0.2) is 16.9 Å². The third-order valence-corrected chi connectivity index (χ3v) is 10.7. The molecule has 5 heterocycles. The number of rotatable bonds is 11. The minimum absolute atomic E-state index is 0.0152. The van der Waals surface area contributed by atoms with E-state index in [0.29, 0.717) is 37.5 Å². The number of hydrogen-bond acceptors (Lipinski definition) is 10. The van der Waals surface area contributed by atoms with Crippen LogP contribution in [0, 0.1) is 17.8 Å². The first-order valence-corrected chi connectivity index (χ1v) is 15.2. The standard InChI is InChI=1S/C26H39N9O5S/c1-15(10-17(36)13-33-14-29-30-31-33)20-21-16(2)23(22(26(39)40)34(21)25(20)38)41-18-11-19(28-12-18)24(37)32-5-8-35(3,7-4-27)9-6-32/h14-16,18-21,28H,4-13,27H2,1-3H3/p+1/t15-,16+,18-,19-,20+,21+/m0/s1. The summed E-state index contributed by atoms with van der Waals surface area (Å²) in [6.07, 6.45) is 2.14. The number of aromatic nitrogens is 4. The van der Waals surface area contributed by atoms with E-state index in [9.17, 15) is 24.3 Å². The van der Waals surface area contributed by atoms with E-state index in [1.165, 1.54) is 27.7 Å². The smallest absolute Gasteiger partial charge is 0.353 e. The Morgan fingerprint density at radius 2 is 2.02 bits per heavy atom. The zero-order valence-corrected chi connectivity index (χ0v) is 24.6. The lowest BCUT2D eigenvalue weighted by Crippen LogP contribution is -2.62. The van der Waals surface area contributed by atoms with Gasteiger partial charge in [-0.2, -0.15) is 0 Å². The number of nitrogens with two attached hydrogens (primary N) is 1. The summed E-state index contributed by atoms with van der Waals surface area (Å²) in [5, 5.41) is 24.2. The van der Waals surface area contributed by atoms with Crippen molar-refractivity contribution in [3.63, 3.8) is 0 Å². The first-order chi connectivity index (χ1) is 19.5. The van der Waals surface area contributed by atoms with E-state index in [0.717, 1.165) is 24.1 Å². The summed E-state index contributed by atoms with van der Waals surface area (Å²) >= 11 is 1.48. The first-order valence-electron chi connectivity index (χ1n) is 14.3. The number of tetrazole rings is 1. The van der Waals surface area contributed by atoms with Gasteiger partial charge in [0.05, 0.1) is 57.8 Å². The third kappa shape index (κ3) is 5.76. The topological polar surface area (TPSA) is 177 Å². The molecule has 0 aromatic carbocycles. The predicted octanol–water partition coefficient (Wildman–Crippen LogP) is -1.25. The summed E-state index contributed by atoms with van der Waals surface area (Å²) in [7, 11) is 2.18. The van der Waals surface area contributed by atoms with Crippen molar-refractivity contribution >= 4 is 35.3 Å². The highest BCUT2D eigenvalue weighted by atomic mass is 32.2. The number of ketones is 1. The van der Waals surface area contributed by atoms with Crippen LogP contribution in [0.4, 0.5) is 0 Å². The van der Waals surface area contributed by atoms with Gasteiger partial charge in [0.25, 0.3) is 0 Å². The number of β-lactam (4-membered cyclic amide) rings is 1. The van der Waals surface area contributed by atoms with Crippen molar-refractivity contribution in [1.29, 1.82) is 0 Å². The van der Waals surface area contributed by atoms with Gasteiger partial charge in [0.2, 0.25) is 11.8 Å². The molecule has 4 aliphatic heterocycles. The molecule has 0 aliphatic carbocycles. The maximum absolute atomic E-state index is 13.3. The van der Waals surface area contributed by atoms with Crippen LogP contribution in [0.5, 0.6) is 0 Å². The van der Waals surface area contributed by atoms with E-state index in [1.54, 1.807) is 0 Å². The second-order valence-corrected chi connectivity index (χ2v) is 13.4. The number of carbonyl (C=O) groups excluding carboxylic acids is 3. The molecule has 41 heavy (non-hydrogen) atoms. The number of quaternary nitrogens is 1. The predicted molar refractivity (Wildman–Crippen MR) is 149 cm³/mol. The molecule has 0 bridgehead atoms. The van der Waals surface area contributed by atoms with Gasteiger partial charge in [0.15, 0.2) is 5.78 Å². The molecule has 1 aromatic rings. The lowest BCUT2D eigenvalue weighted by Gasteiger charge is -2.47. The number of amides is 2. The molecular weight excluding hydrogens is 550 g/mol. The van der Waals surface area contributed by atoms with Crippen LogP contribution in [0.3, 0.4) is 0 Å². The van der Waals surface area contributed by atoms with Gasteiger partial charge in [-0.25, -0.2) is 9.48 Å². The minimum Gasteiger partial charge on any atom is -0.477 e. The molecule has 4 aliphatic rings. The Labute approximate surface area is 243 Å². The largest absolute Gasteiger partial charge is 0.477 e. The molecule has 6 atom stereocenters. The van der Waals surface area contributed by atoms with Crippen molar-refractivity contribution < 1.29 is 28.8 Å². The number of nitrogens with one attached hydrogen (secondary N) is 1. The quantitative estimate of drug-likeness (QED) is 0.207. The summed E-state index contributed by atoms with van der Waals surface area (Å²) in [6, 6.07) is -0.602. The fourth-order valence-corrected chi connectivity index (χ4v) is 8.31. The summed E-state index contributed by atoms with van der Waals surface area (Å²) in [5.41, 5.74) is 5.81. The van der Waals surface area contributed by atoms with Gasteiger partial charge >= 0.3 is 5.97 Å². The molecule has 3 saturated heterocycles. The molecule has 14 nitrogen and oxygen atoms in total. The van der Waals surface area contributed by atoms with Crippen LogP contribution in [-0.2, 0) is 25.7 Å². The Hall–Kier alpha value is -2.88. The Morgan fingerprint density at radius 3 is 2.66 bits per heavy atom. The van der Waals surface area contributed by atoms with E-state index >= 15 is 0 Å². The van der Waals surface area contributed by atoms with Gasteiger partial charge in [-0.15, -0.1) is 16.9 Å². The molecule has 0 radical (unpaired) electrons. The van der Waals surface area contributed by atoms with E-state index < -0.39 is 11.9 Å². The number of carboxylic acid groups (broad SMARTS) is 1. The number of fused-ring (bicyclic) bond motifs is 1. The zero-order chi connectivity index (χ0) is 29.5. The molecule has 5 rings (SSSR count). The monoisotopic (exact) mass is 590 g/mol. The molecule has 1 aromatic heterocycles. The van der Waals surface area contributed by atoms with Crippen molar-refractivity contribution in [2.45, 2.75) is 50.6 Å². The van der Waals surface area contributed by atoms with Crippen LogP contribution in [0.1, 0.15) is 26.7 Å². The second-order valence-electron chi connectivity index (χ2n) is 12.1. The minimum atomic E-state index is -1.12. The molecule has 4 N–H and O–H groups in total. The van der Waals surface area contributed by atoms with E-state index in [1.807, 2.05) is 18.7 Å². The summed E-state index contributed by atoms with van der Waals surface area (Å²) in [6.45, 7) is 9.14. The molecule has 2 amide bonds. The first kappa shape index (κ1) is 29.6. The summed E-state index contributed by atoms with van der Waals surface area (Å²) < 4.78 is 2.22. The highest BCUT2D eigenvalue weighted by Gasteiger charge is 2.60. The van der Waals surface area contributed by atoms with Crippen LogP contribution >= 0.6 is 11.8 Å². The number of carbonyl (C=O) groups is 4. The van der Waals surface area contributed by atoms with Gasteiger partial charge < -0.3 is 30.4 Å². The second kappa shape index (κ2) is 11.8. The number of likely N-dealkylation sites (N-methyl/N-ethyl adjacent to an activating group) is 1. The lowest BCUT2D eigenvalue weighted by molar-refractivity contribution is -0.911. The van der Waals surface area contributed by atoms with Crippen molar-refractivity contribution in [2.75, 3.05) is 52.9 Å². The van der Waals surface area contributed by atoms with Gasteiger partial charge in [-0.1, -0.05) is 13.8 Å². The summed E-state index contributed by atoms with van der Waals surface area (Å²) in [4.78, 5) is 55.5. The van der Waals surface area contributed by atoms with Crippen molar-refractivity contribution in [3.8, 4) is 0 Å². The molecule has 224 valence electrons. The van der Waals surface area contributed by atoms with Crippen LogP contribution < -0.4 is 11.1 Å². The molecule has 15 heteroatoms. The average Bonchev–Trinajstić information content (AvgIpc) is 3.65. The van der Waals surface area contributed by atoms with Gasteiger partial charge in [0.1, 0.15) is 18.6 Å². The maximum Gasteiger partial charge on any atom is 0.353 e. The fourth-order valence-electron chi connectivity index (χ4n) is 6.84. The molecule has 0 saturated carbocycles. The van der Waals surface area contributed by atoms with Gasteiger partial charge in [0, 0.05) is 35.6 Å². The van der Waals surface area contributed by atoms with Gasteiger partial charge in [-0.05, 0) is 22.8 Å². The number of piperazine rings is 1. The maximum atomic E-state index is 13.3. The van der Waals surface area contributed by atoms with Crippen LogP contribution in [0.25, 0.3) is 0 Å². The number of nitrogens with zero attached hydrogens (tertiary/aromatic N) is 7. The Morgan fingerprint density at radius 1 is 1.29 bits per heavy atom. The SMILES string of the molecule is C[C@@H](CC(=O)Cn1cnnn1)[C@H]1C(=O)N2C(C(=O)O)=C(S[C@@H]3CN[C@H](C(=O)N4CC[N+](C)(CCN)CC4)C3)[C@H](C)[C@H]12. The summed E-state index contributed by atoms with van der Waals surface area (Å²) in [5.74, 6) is -2.23. The average molecular weight is 591 g/mol. The Bertz CT molecular complexity index is 1220. The number of aliphatic carboxylic acids is 1. The van der Waals surface area contributed by atoms with Crippen LogP contribution in [-0.4, -0.2) is 133 Å². The van der Waals surface area contributed by atoms with Crippen LogP contribution in [0.2, 0.25) is 0 Å². The number of Topliss-reactive ketones (excluding diaryl/α,β-unsaturated/α-hetero) is 1. The third-order valence-electron chi connectivity index (χ3n) is 9.17. The molecule has 0 spiro atoms.